The molecule has 0 heterocycles. The van der Waals surface area contributed by atoms with Crippen LogP contribution in [0.3, 0.4) is 0 Å². The molecule has 2 atom stereocenters. The summed E-state index contributed by atoms with van der Waals surface area (Å²) >= 11 is 5.60. The highest BCUT2D eigenvalue weighted by atomic mass is 35.5. The van der Waals surface area contributed by atoms with Crippen LogP contribution in [0.15, 0.2) is 18.2 Å². The van der Waals surface area contributed by atoms with E-state index in [1.54, 1.807) is 0 Å². The number of carbonyl (C=O) groups excluding carboxylic acids is 2. The lowest BCUT2D eigenvalue weighted by molar-refractivity contribution is -0.136. The van der Waals surface area contributed by atoms with Gasteiger partial charge in [-0.15, -0.1) is 0 Å². The van der Waals surface area contributed by atoms with Gasteiger partial charge in [-0.2, -0.15) is 0 Å². The molecule has 0 bridgehead atoms. The molecule has 0 radical (unpaired) electrons. The molecule has 22 heavy (non-hydrogen) atoms. The monoisotopic (exact) mass is 328 g/mol. The molecular weight excluding hydrogens is 311 g/mol. The standard InChI is InChI=1S/C15H18ClFN2O3/c16-11-7-10(5-6-12(11)17)19-15(22)14(21)18-8-9-3-1-2-4-13(9)20/h5-7,9,13,20H,1-4,8H2,(H,18,21)(H,19,22)/t9-,13+/m1/s1. The van der Waals surface area contributed by atoms with E-state index in [0.717, 1.165) is 31.7 Å². The van der Waals surface area contributed by atoms with Crippen LogP contribution in [0, 0.1) is 11.7 Å². The van der Waals surface area contributed by atoms with E-state index in [0.29, 0.717) is 0 Å². The van der Waals surface area contributed by atoms with E-state index in [9.17, 15) is 19.1 Å². The molecule has 0 spiro atoms. The fourth-order valence-corrected chi connectivity index (χ4v) is 2.67. The fourth-order valence-electron chi connectivity index (χ4n) is 2.49. The first-order valence-corrected chi connectivity index (χ1v) is 7.57. The molecule has 1 saturated carbocycles. The van der Waals surface area contributed by atoms with Gasteiger partial charge < -0.3 is 15.7 Å². The average Bonchev–Trinajstić information content (AvgIpc) is 2.50. The molecule has 1 aromatic carbocycles. The van der Waals surface area contributed by atoms with Gasteiger partial charge >= 0.3 is 11.8 Å². The number of carbonyl (C=O) groups is 2. The Morgan fingerprint density at radius 1 is 1.27 bits per heavy atom. The molecule has 3 N–H and O–H groups in total. The van der Waals surface area contributed by atoms with E-state index in [1.807, 2.05) is 0 Å². The molecule has 5 nitrogen and oxygen atoms in total. The number of rotatable bonds is 3. The minimum absolute atomic E-state index is 0.0224. The third-order valence-corrected chi connectivity index (χ3v) is 4.07. The van der Waals surface area contributed by atoms with Gasteiger partial charge in [0.05, 0.1) is 11.1 Å². The van der Waals surface area contributed by atoms with E-state index in [2.05, 4.69) is 10.6 Å². The van der Waals surface area contributed by atoms with E-state index in [4.69, 9.17) is 11.6 Å². The molecule has 2 rings (SSSR count). The minimum Gasteiger partial charge on any atom is -0.393 e. The topological polar surface area (TPSA) is 78.4 Å². The Hall–Kier alpha value is -1.66. The van der Waals surface area contributed by atoms with Crippen molar-refractivity contribution in [3.63, 3.8) is 0 Å². The zero-order valence-corrected chi connectivity index (χ0v) is 12.7. The van der Waals surface area contributed by atoms with Crippen LogP contribution < -0.4 is 10.6 Å². The van der Waals surface area contributed by atoms with E-state index in [1.165, 1.54) is 12.1 Å². The van der Waals surface area contributed by atoms with Gasteiger partial charge in [-0.05, 0) is 31.0 Å². The Labute approximate surface area is 132 Å². The SMILES string of the molecule is O=C(NC[C@H]1CCCC[C@@H]1O)C(=O)Nc1ccc(F)c(Cl)c1. The van der Waals surface area contributed by atoms with Crippen LogP contribution in [-0.2, 0) is 9.59 Å². The maximum absolute atomic E-state index is 13.0. The summed E-state index contributed by atoms with van der Waals surface area (Å²) in [4.78, 5) is 23.5. The molecule has 1 aliphatic carbocycles. The minimum atomic E-state index is -0.854. The van der Waals surface area contributed by atoms with Gasteiger partial charge in [-0.3, -0.25) is 9.59 Å². The van der Waals surface area contributed by atoms with Gasteiger partial charge in [0.15, 0.2) is 0 Å². The van der Waals surface area contributed by atoms with Gasteiger partial charge in [0, 0.05) is 18.2 Å². The molecule has 0 aliphatic heterocycles. The smallest absolute Gasteiger partial charge is 0.313 e. The maximum atomic E-state index is 13.0. The third-order valence-electron chi connectivity index (χ3n) is 3.78. The van der Waals surface area contributed by atoms with Crippen molar-refractivity contribution in [3.05, 3.63) is 29.0 Å². The van der Waals surface area contributed by atoms with E-state index in [-0.39, 0.29) is 23.2 Å². The number of halogens is 2. The molecule has 120 valence electrons. The summed E-state index contributed by atoms with van der Waals surface area (Å²) in [5, 5.41) is 14.5. The zero-order valence-electron chi connectivity index (χ0n) is 11.9. The summed E-state index contributed by atoms with van der Waals surface area (Å²) in [6.45, 7) is 0.262. The van der Waals surface area contributed by atoms with Crippen LogP contribution >= 0.6 is 11.6 Å². The number of anilines is 1. The summed E-state index contributed by atoms with van der Waals surface area (Å²) in [7, 11) is 0. The number of nitrogens with one attached hydrogen (secondary N) is 2. The number of aliphatic hydroxyl groups is 1. The average molecular weight is 329 g/mol. The summed E-state index contributed by atoms with van der Waals surface area (Å²) in [5.74, 6) is -2.27. The van der Waals surface area contributed by atoms with Crippen molar-refractivity contribution in [2.24, 2.45) is 5.92 Å². The molecule has 1 aliphatic rings. The molecule has 1 fully saturated rings. The number of hydrogen-bond acceptors (Lipinski definition) is 3. The van der Waals surface area contributed by atoms with E-state index >= 15 is 0 Å². The lowest BCUT2D eigenvalue weighted by Gasteiger charge is -2.27. The predicted octanol–water partition coefficient (Wildman–Crippen LogP) is 2.08. The van der Waals surface area contributed by atoms with Crippen molar-refractivity contribution in [1.29, 1.82) is 0 Å². The van der Waals surface area contributed by atoms with Crippen LogP contribution in [0.25, 0.3) is 0 Å². The predicted molar refractivity (Wildman–Crippen MR) is 81.0 cm³/mol. The Kier molecular flexibility index (Phi) is 5.74. The van der Waals surface area contributed by atoms with Crippen molar-refractivity contribution in [1.82, 2.24) is 5.32 Å². The van der Waals surface area contributed by atoms with Gasteiger partial charge in [-0.1, -0.05) is 24.4 Å². The lowest BCUT2D eigenvalue weighted by Crippen LogP contribution is -2.41. The van der Waals surface area contributed by atoms with Crippen molar-refractivity contribution in [3.8, 4) is 0 Å². The zero-order chi connectivity index (χ0) is 16.1. The van der Waals surface area contributed by atoms with Gasteiger partial charge in [0.2, 0.25) is 0 Å². The van der Waals surface area contributed by atoms with Crippen LogP contribution in [-0.4, -0.2) is 29.6 Å². The highest BCUT2D eigenvalue weighted by Gasteiger charge is 2.24. The lowest BCUT2D eigenvalue weighted by atomic mass is 9.86. The van der Waals surface area contributed by atoms with Crippen LogP contribution in [0.4, 0.5) is 10.1 Å². The highest BCUT2D eigenvalue weighted by Crippen LogP contribution is 2.23. The summed E-state index contributed by atoms with van der Waals surface area (Å²) < 4.78 is 13.0. The van der Waals surface area contributed by atoms with Crippen LogP contribution in [0.2, 0.25) is 5.02 Å². The summed E-state index contributed by atoms with van der Waals surface area (Å²) in [5.41, 5.74) is 0.240. The first-order valence-electron chi connectivity index (χ1n) is 7.19. The first-order chi connectivity index (χ1) is 10.5. The number of benzene rings is 1. The van der Waals surface area contributed by atoms with Crippen molar-refractivity contribution in [2.45, 2.75) is 31.8 Å². The number of hydrogen-bond donors (Lipinski definition) is 3. The van der Waals surface area contributed by atoms with Gasteiger partial charge in [-0.25, -0.2) is 4.39 Å². The van der Waals surface area contributed by atoms with Gasteiger partial charge in [0.25, 0.3) is 0 Å². The quantitative estimate of drug-likeness (QED) is 0.743. The van der Waals surface area contributed by atoms with Gasteiger partial charge in [0.1, 0.15) is 5.82 Å². The Bertz CT molecular complexity index is 568. The number of amides is 2. The van der Waals surface area contributed by atoms with Crippen molar-refractivity contribution < 1.29 is 19.1 Å². The molecule has 0 saturated heterocycles. The third kappa shape index (κ3) is 4.42. The highest BCUT2D eigenvalue weighted by molar-refractivity contribution is 6.39. The Balaban J connectivity index is 1.84. The fraction of sp³-hybridized carbons (Fsp3) is 0.467. The summed E-state index contributed by atoms with van der Waals surface area (Å²) in [6.07, 6.45) is 3.11. The second-order valence-corrected chi connectivity index (χ2v) is 5.81. The molecule has 2 amide bonds. The summed E-state index contributed by atoms with van der Waals surface area (Å²) in [6, 6.07) is 3.65. The number of aliphatic hydroxyl groups excluding tert-OH is 1. The second kappa shape index (κ2) is 7.56. The molecule has 7 heteroatoms. The van der Waals surface area contributed by atoms with Crippen LogP contribution in [0.5, 0.6) is 0 Å². The van der Waals surface area contributed by atoms with Crippen molar-refractivity contribution in [2.75, 3.05) is 11.9 Å². The van der Waals surface area contributed by atoms with Crippen molar-refractivity contribution >= 4 is 29.1 Å². The normalized spacial score (nSPS) is 21.2. The maximum Gasteiger partial charge on any atom is 0.313 e. The molecule has 1 aromatic rings. The van der Waals surface area contributed by atoms with Crippen LogP contribution in [0.1, 0.15) is 25.7 Å². The Morgan fingerprint density at radius 3 is 2.68 bits per heavy atom. The molecular formula is C15H18ClFN2O3. The molecule has 0 unspecified atom stereocenters. The first kappa shape index (κ1) is 16.7. The Morgan fingerprint density at radius 2 is 2.00 bits per heavy atom. The second-order valence-electron chi connectivity index (χ2n) is 5.40. The van der Waals surface area contributed by atoms with E-state index < -0.39 is 23.7 Å². The largest absolute Gasteiger partial charge is 0.393 e. The molecule has 0 aromatic heterocycles.